The van der Waals surface area contributed by atoms with Gasteiger partial charge < -0.3 is 10.6 Å². The molecule has 0 atom stereocenters. The SMILES string of the molecule is CC(C)CNCCNC(=O)c1cnccn1. The van der Waals surface area contributed by atoms with Gasteiger partial charge >= 0.3 is 0 Å². The molecule has 88 valence electrons. The molecule has 16 heavy (non-hydrogen) atoms. The second kappa shape index (κ2) is 6.90. The highest BCUT2D eigenvalue weighted by Gasteiger charge is 2.04. The van der Waals surface area contributed by atoms with Crippen LogP contribution in [-0.4, -0.2) is 35.5 Å². The van der Waals surface area contributed by atoms with Gasteiger partial charge in [0.1, 0.15) is 5.69 Å². The molecule has 0 saturated heterocycles. The molecule has 0 aliphatic heterocycles. The first kappa shape index (κ1) is 12.6. The average molecular weight is 222 g/mol. The first-order chi connectivity index (χ1) is 7.70. The van der Waals surface area contributed by atoms with Gasteiger partial charge in [0, 0.05) is 25.5 Å². The third-order valence-electron chi connectivity index (χ3n) is 1.94. The van der Waals surface area contributed by atoms with E-state index in [9.17, 15) is 4.79 Å². The molecule has 0 saturated carbocycles. The summed E-state index contributed by atoms with van der Waals surface area (Å²) in [4.78, 5) is 19.2. The summed E-state index contributed by atoms with van der Waals surface area (Å²) in [5.41, 5.74) is 0.353. The molecule has 1 aromatic rings. The van der Waals surface area contributed by atoms with E-state index in [2.05, 4.69) is 34.4 Å². The zero-order chi connectivity index (χ0) is 11.8. The molecule has 2 N–H and O–H groups in total. The molecule has 0 fully saturated rings. The van der Waals surface area contributed by atoms with E-state index in [1.54, 1.807) is 6.20 Å². The minimum absolute atomic E-state index is 0.181. The largest absolute Gasteiger partial charge is 0.349 e. The summed E-state index contributed by atoms with van der Waals surface area (Å²) in [5.74, 6) is 0.440. The lowest BCUT2D eigenvalue weighted by Gasteiger charge is -2.07. The summed E-state index contributed by atoms with van der Waals surface area (Å²) >= 11 is 0. The van der Waals surface area contributed by atoms with Crippen LogP contribution >= 0.6 is 0 Å². The van der Waals surface area contributed by atoms with E-state index in [1.165, 1.54) is 12.4 Å². The smallest absolute Gasteiger partial charge is 0.271 e. The van der Waals surface area contributed by atoms with Crippen molar-refractivity contribution in [2.45, 2.75) is 13.8 Å². The van der Waals surface area contributed by atoms with E-state index in [0.29, 0.717) is 18.2 Å². The summed E-state index contributed by atoms with van der Waals surface area (Å²) in [5, 5.41) is 6.01. The predicted octanol–water partition coefficient (Wildman–Crippen LogP) is 0.452. The summed E-state index contributed by atoms with van der Waals surface area (Å²) in [6.07, 6.45) is 4.50. The predicted molar refractivity (Wildman–Crippen MR) is 62.1 cm³/mol. The van der Waals surface area contributed by atoms with E-state index in [1.807, 2.05) is 0 Å². The summed E-state index contributed by atoms with van der Waals surface area (Å²) < 4.78 is 0. The fraction of sp³-hybridized carbons (Fsp3) is 0.545. The molecular weight excluding hydrogens is 204 g/mol. The van der Waals surface area contributed by atoms with Gasteiger partial charge in [-0.15, -0.1) is 0 Å². The topological polar surface area (TPSA) is 66.9 Å². The molecule has 1 heterocycles. The van der Waals surface area contributed by atoms with Gasteiger partial charge in [0.05, 0.1) is 6.20 Å². The van der Waals surface area contributed by atoms with Crippen molar-refractivity contribution in [3.8, 4) is 0 Å². The van der Waals surface area contributed by atoms with Crippen molar-refractivity contribution >= 4 is 5.91 Å². The van der Waals surface area contributed by atoms with E-state index < -0.39 is 0 Å². The van der Waals surface area contributed by atoms with Crippen molar-refractivity contribution < 1.29 is 4.79 Å². The van der Waals surface area contributed by atoms with Gasteiger partial charge in [-0.05, 0) is 12.5 Å². The maximum Gasteiger partial charge on any atom is 0.271 e. The Hall–Kier alpha value is -1.49. The summed E-state index contributed by atoms with van der Waals surface area (Å²) in [6, 6.07) is 0. The van der Waals surface area contributed by atoms with Crippen LogP contribution in [0, 0.1) is 5.92 Å². The van der Waals surface area contributed by atoms with Crippen molar-refractivity contribution in [1.82, 2.24) is 20.6 Å². The summed E-state index contributed by atoms with van der Waals surface area (Å²) in [7, 11) is 0. The Labute approximate surface area is 95.7 Å². The van der Waals surface area contributed by atoms with Crippen LogP contribution in [0.4, 0.5) is 0 Å². The van der Waals surface area contributed by atoms with E-state index in [0.717, 1.165) is 13.1 Å². The van der Waals surface area contributed by atoms with Gasteiger partial charge in [0.15, 0.2) is 0 Å². The normalized spacial score (nSPS) is 10.4. The van der Waals surface area contributed by atoms with E-state index >= 15 is 0 Å². The number of carbonyl (C=O) groups is 1. The number of hydrogen-bond donors (Lipinski definition) is 2. The van der Waals surface area contributed by atoms with Crippen molar-refractivity contribution in [1.29, 1.82) is 0 Å². The Morgan fingerprint density at radius 2 is 2.19 bits per heavy atom. The minimum atomic E-state index is -0.181. The van der Waals surface area contributed by atoms with Crippen LogP contribution in [0.1, 0.15) is 24.3 Å². The van der Waals surface area contributed by atoms with Crippen molar-refractivity contribution in [3.05, 3.63) is 24.3 Å². The fourth-order valence-corrected chi connectivity index (χ4v) is 1.16. The minimum Gasteiger partial charge on any atom is -0.349 e. The first-order valence-corrected chi connectivity index (χ1v) is 5.45. The average Bonchev–Trinajstić information content (AvgIpc) is 2.29. The molecule has 5 nitrogen and oxygen atoms in total. The molecule has 0 aliphatic rings. The lowest BCUT2D eigenvalue weighted by Crippen LogP contribution is -2.33. The van der Waals surface area contributed by atoms with Gasteiger partial charge in [0.25, 0.3) is 5.91 Å². The molecule has 1 aromatic heterocycles. The summed E-state index contributed by atoms with van der Waals surface area (Å²) in [6.45, 7) is 6.61. The lowest BCUT2D eigenvalue weighted by atomic mass is 10.2. The van der Waals surface area contributed by atoms with Crippen molar-refractivity contribution in [2.75, 3.05) is 19.6 Å². The second-order valence-electron chi connectivity index (χ2n) is 3.94. The number of rotatable bonds is 6. The Balaban J connectivity index is 2.16. The van der Waals surface area contributed by atoms with Crippen LogP contribution in [0.15, 0.2) is 18.6 Å². The molecule has 0 aliphatic carbocycles. The molecule has 0 aromatic carbocycles. The van der Waals surface area contributed by atoms with Crippen LogP contribution in [-0.2, 0) is 0 Å². The Kier molecular flexibility index (Phi) is 5.42. The first-order valence-electron chi connectivity index (χ1n) is 5.45. The molecule has 5 heteroatoms. The maximum atomic E-state index is 11.5. The Morgan fingerprint density at radius 1 is 1.38 bits per heavy atom. The highest BCUT2D eigenvalue weighted by molar-refractivity contribution is 5.91. The monoisotopic (exact) mass is 222 g/mol. The molecule has 0 radical (unpaired) electrons. The van der Waals surface area contributed by atoms with E-state index in [4.69, 9.17) is 0 Å². The van der Waals surface area contributed by atoms with Crippen LogP contribution < -0.4 is 10.6 Å². The molecule has 1 amide bonds. The number of carbonyl (C=O) groups excluding carboxylic acids is 1. The highest BCUT2D eigenvalue weighted by atomic mass is 16.1. The van der Waals surface area contributed by atoms with Gasteiger partial charge in [-0.3, -0.25) is 9.78 Å². The maximum absolute atomic E-state index is 11.5. The quantitative estimate of drug-likeness (QED) is 0.686. The standard InChI is InChI=1S/C11H18N4O/c1-9(2)7-12-4-6-15-11(16)10-8-13-3-5-14-10/h3,5,8-9,12H,4,6-7H2,1-2H3,(H,15,16). The van der Waals surface area contributed by atoms with Crippen molar-refractivity contribution in [2.24, 2.45) is 5.92 Å². The number of aromatic nitrogens is 2. The van der Waals surface area contributed by atoms with Crippen LogP contribution in [0.5, 0.6) is 0 Å². The molecular formula is C11H18N4O. The van der Waals surface area contributed by atoms with Crippen LogP contribution in [0.2, 0.25) is 0 Å². The number of nitrogens with zero attached hydrogens (tertiary/aromatic N) is 2. The second-order valence-corrected chi connectivity index (χ2v) is 3.94. The number of hydrogen-bond acceptors (Lipinski definition) is 4. The Morgan fingerprint density at radius 3 is 2.81 bits per heavy atom. The Bertz CT molecular complexity index is 313. The third-order valence-corrected chi connectivity index (χ3v) is 1.94. The zero-order valence-electron chi connectivity index (χ0n) is 9.73. The molecule has 0 spiro atoms. The number of amides is 1. The highest BCUT2D eigenvalue weighted by Crippen LogP contribution is 1.89. The number of nitrogens with one attached hydrogen (secondary N) is 2. The lowest BCUT2D eigenvalue weighted by molar-refractivity contribution is 0.0948. The zero-order valence-corrected chi connectivity index (χ0v) is 9.73. The molecule has 0 unspecified atom stereocenters. The third kappa shape index (κ3) is 4.84. The van der Waals surface area contributed by atoms with Gasteiger partial charge in [-0.1, -0.05) is 13.8 Å². The molecule has 1 rings (SSSR count). The van der Waals surface area contributed by atoms with Crippen LogP contribution in [0.3, 0.4) is 0 Å². The van der Waals surface area contributed by atoms with Crippen LogP contribution in [0.25, 0.3) is 0 Å². The van der Waals surface area contributed by atoms with E-state index in [-0.39, 0.29) is 5.91 Å². The van der Waals surface area contributed by atoms with Gasteiger partial charge in [-0.2, -0.15) is 0 Å². The van der Waals surface area contributed by atoms with Gasteiger partial charge in [0.2, 0.25) is 0 Å². The molecule has 0 bridgehead atoms. The van der Waals surface area contributed by atoms with Crippen molar-refractivity contribution in [3.63, 3.8) is 0 Å². The van der Waals surface area contributed by atoms with Gasteiger partial charge in [-0.25, -0.2) is 4.98 Å². The fourth-order valence-electron chi connectivity index (χ4n) is 1.16.